The fraction of sp³-hybridized carbons (Fsp3) is 0.462. The predicted octanol–water partition coefficient (Wildman–Crippen LogP) is 2.02. The minimum atomic E-state index is -1.33. The van der Waals surface area contributed by atoms with Crippen molar-refractivity contribution in [3.63, 3.8) is 0 Å². The second-order valence-electron chi connectivity index (χ2n) is 3.94. The third-order valence-electron chi connectivity index (χ3n) is 2.48. The highest BCUT2D eigenvalue weighted by molar-refractivity contribution is 5.73. The lowest BCUT2D eigenvalue weighted by molar-refractivity contribution is -0.150. The Bertz CT molecular complexity index is 355. The van der Waals surface area contributed by atoms with Crippen LogP contribution >= 0.6 is 0 Å². The van der Waals surface area contributed by atoms with Crippen LogP contribution in [0.1, 0.15) is 19.3 Å². The number of rotatable bonds is 8. The van der Waals surface area contributed by atoms with Gasteiger partial charge in [-0.3, -0.25) is 4.39 Å². The minimum absolute atomic E-state index is 0.202. The molecule has 2 N–H and O–H groups in total. The number of aliphatic carboxylic acids is 1. The molecule has 2 unspecified atom stereocenters. The van der Waals surface area contributed by atoms with Crippen molar-refractivity contribution < 1.29 is 24.1 Å². The summed E-state index contributed by atoms with van der Waals surface area (Å²) in [7, 11) is 0. The van der Waals surface area contributed by atoms with Gasteiger partial charge in [-0.05, 0) is 31.4 Å². The molecule has 0 bridgehead atoms. The normalized spacial score (nSPS) is 13.9. The molecule has 1 aromatic rings. The maximum absolute atomic E-state index is 11.9. The van der Waals surface area contributed by atoms with Crippen molar-refractivity contribution in [2.45, 2.75) is 31.5 Å². The second kappa shape index (κ2) is 7.66. The molecule has 0 fully saturated rings. The van der Waals surface area contributed by atoms with Crippen LogP contribution in [-0.2, 0) is 4.79 Å². The second-order valence-corrected chi connectivity index (χ2v) is 3.94. The van der Waals surface area contributed by atoms with E-state index >= 15 is 0 Å². The van der Waals surface area contributed by atoms with Gasteiger partial charge in [-0.15, -0.1) is 0 Å². The lowest BCUT2D eigenvalue weighted by atomic mass is 10.1. The highest BCUT2D eigenvalue weighted by Gasteiger charge is 2.28. The number of carboxylic acid groups (broad SMARTS) is 1. The fourth-order valence-corrected chi connectivity index (χ4v) is 1.54. The maximum atomic E-state index is 11.9. The summed E-state index contributed by atoms with van der Waals surface area (Å²) < 4.78 is 17.1. The van der Waals surface area contributed by atoms with Gasteiger partial charge in [-0.25, -0.2) is 4.79 Å². The van der Waals surface area contributed by atoms with E-state index in [1.54, 1.807) is 30.3 Å². The highest BCUT2D eigenvalue weighted by Crippen LogP contribution is 2.15. The van der Waals surface area contributed by atoms with E-state index in [1.165, 1.54) is 0 Å². The summed E-state index contributed by atoms with van der Waals surface area (Å²) in [5.74, 6) is -0.846. The summed E-state index contributed by atoms with van der Waals surface area (Å²) in [4.78, 5) is 11.0. The average Bonchev–Trinajstić information content (AvgIpc) is 2.37. The van der Waals surface area contributed by atoms with Crippen LogP contribution in [0.15, 0.2) is 30.3 Å². The first-order valence-electron chi connectivity index (χ1n) is 5.83. The number of hydrogen-bond acceptors (Lipinski definition) is 3. The minimum Gasteiger partial charge on any atom is -0.478 e. The number of aliphatic hydroxyl groups is 1. The van der Waals surface area contributed by atoms with Crippen molar-refractivity contribution in [3.8, 4) is 5.75 Å². The fourth-order valence-electron chi connectivity index (χ4n) is 1.54. The Balaban J connectivity index is 2.57. The number of carbonyl (C=O) groups is 1. The number of alkyl halides is 1. The summed E-state index contributed by atoms with van der Waals surface area (Å²) >= 11 is 0. The third-order valence-corrected chi connectivity index (χ3v) is 2.48. The monoisotopic (exact) mass is 256 g/mol. The first kappa shape index (κ1) is 14.4. The Labute approximate surface area is 105 Å². The molecule has 100 valence electrons. The van der Waals surface area contributed by atoms with E-state index in [9.17, 15) is 14.3 Å². The van der Waals surface area contributed by atoms with Gasteiger partial charge in [-0.2, -0.15) is 0 Å². The number of aliphatic hydroxyl groups excluding tert-OH is 1. The van der Waals surface area contributed by atoms with Gasteiger partial charge in [0.25, 0.3) is 0 Å². The van der Waals surface area contributed by atoms with Crippen molar-refractivity contribution in [2.75, 3.05) is 6.67 Å². The van der Waals surface area contributed by atoms with Gasteiger partial charge in [0, 0.05) is 0 Å². The van der Waals surface area contributed by atoms with Gasteiger partial charge in [0.05, 0.1) is 6.67 Å². The van der Waals surface area contributed by atoms with Crippen LogP contribution in [0.2, 0.25) is 0 Å². The van der Waals surface area contributed by atoms with E-state index in [4.69, 9.17) is 9.84 Å². The zero-order valence-electron chi connectivity index (χ0n) is 9.96. The third kappa shape index (κ3) is 4.71. The number of para-hydroxylation sites is 1. The van der Waals surface area contributed by atoms with Crippen molar-refractivity contribution in [3.05, 3.63) is 30.3 Å². The summed E-state index contributed by atoms with van der Waals surface area (Å²) in [6, 6.07) is 8.43. The molecular weight excluding hydrogens is 239 g/mol. The Morgan fingerprint density at radius 1 is 1.28 bits per heavy atom. The molecule has 0 aliphatic heterocycles. The van der Waals surface area contributed by atoms with Crippen molar-refractivity contribution in [1.82, 2.24) is 0 Å². The van der Waals surface area contributed by atoms with Crippen LogP contribution in [0.5, 0.6) is 5.75 Å². The summed E-state index contributed by atoms with van der Waals surface area (Å²) in [6.45, 7) is -0.468. The number of benzene rings is 1. The molecule has 0 aromatic heterocycles. The molecule has 0 spiro atoms. The lowest BCUT2D eigenvalue weighted by Gasteiger charge is -2.20. The maximum Gasteiger partial charge on any atom is 0.347 e. The Morgan fingerprint density at radius 2 is 1.94 bits per heavy atom. The van der Waals surface area contributed by atoms with Crippen molar-refractivity contribution in [1.29, 1.82) is 0 Å². The molecule has 1 aromatic carbocycles. The van der Waals surface area contributed by atoms with Crippen LogP contribution < -0.4 is 4.74 Å². The number of unbranched alkanes of at least 4 members (excludes halogenated alkanes) is 1. The van der Waals surface area contributed by atoms with Gasteiger partial charge in [-0.1, -0.05) is 18.2 Å². The van der Waals surface area contributed by atoms with Crippen molar-refractivity contribution in [2.24, 2.45) is 0 Å². The van der Waals surface area contributed by atoms with E-state index in [1.807, 2.05) is 0 Å². The largest absolute Gasteiger partial charge is 0.478 e. The number of halogens is 1. The van der Waals surface area contributed by atoms with Crippen LogP contribution in [0.4, 0.5) is 4.39 Å². The van der Waals surface area contributed by atoms with Gasteiger partial charge < -0.3 is 14.9 Å². The molecule has 0 amide bonds. The molecule has 5 heteroatoms. The molecule has 0 radical (unpaired) electrons. The van der Waals surface area contributed by atoms with Gasteiger partial charge >= 0.3 is 5.97 Å². The zero-order chi connectivity index (χ0) is 13.4. The van der Waals surface area contributed by atoms with Gasteiger partial charge in [0.15, 0.2) is 0 Å². The molecule has 4 nitrogen and oxygen atoms in total. The molecular formula is C13H17FO4. The number of carboxylic acids is 1. The molecule has 0 saturated heterocycles. The SMILES string of the molecule is O=C(O)C(Oc1ccccc1)C(O)CCCCF. The molecule has 0 aliphatic carbocycles. The highest BCUT2D eigenvalue weighted by atomic mass is 19.1. The molecule has 0 saturated carbocycles. The van der Waals surface area contributed by atoms with Crippen LogP contribution in [0.3, 0.4) is 0 Å². The standard InChI is InChI=1S/C13H17FO4/c14-9-5-4-8-11(15)12(13(16)17)18-10-6-2-1-3-7-10/h1-3,6-7,11-12,15H,4-5,8-9H2,(H,16,17). The Hall–Kier alpha value is -1.62. The smallest absolute Gasteiger partial charge is 0.347 e. The van der Waals surface area contributed by atoms with E-state index in [2.05, 4.69) is 0 Å². The number of ether oxygens (including phenoxy) is 1. The molecule has 2 atom stereocenters. The zero-order valence-corrected chi connectivity index (χ0v) is 9.96. The molecule has 0 aliphatic rings. The van der Waals surface area contributed by atoms with Gasteiger partial charge in [0.1, 0.15) is 11.9 Å². The predicted molar refractivity (Wildman–Crippen MR) is 64.3 cm³/mol. The van der Waals surface area contributed by atoms with Gasteiger partial charge in [0.2, 0.25) is 6.10 Å². The van der Waals surface area contributed by atoms with Crippen LogP contribution in [-0.4, -0.2) is 35.1 Å². The summed E-state index contributed by atoms with van der Waals surface area (Å²) in [5, 5.41) is 18.7. The summed E-state index contributed by atoms with van der Waals surface area (Å²) in [6.07, 6.45) is -1.52. The topological polar surface area (TPSA) is 66.8 Å². The number of hydrogen-bond donors (Lipinski definition) is 2. The van der Waals surface area contributed by atoms with Crippen LogP contribution in [0.25, 0.3) is 0 Å². The summed E-state index contributed by atoms with van der Waals surface area (Å²) in [5.41, 5.74) is 0. The molecule has 1 rings (SSSR count). The first-order chi connectivity index (χ1) is 8.65. The van der Waals surface area contributed by atoms with Crippen LogP contribution in [0, 0.1) is 0 Å². The quantitative estimate of drug-likeness (QED) is 0.698. The van der Waals surface area contributed by atoms with E-state index < -0.39 is 24.9 Å². The molecule has 0 heterocycles. The lowest BCUT2D eigenvalue weighted by Crippen LogP contribution is -2.39. The van der Waals surface area contributed by atoms with Crippen molar-refractivity contribution >= 4 is 5.97 Å². The first-order valence-corrected chi connectivity index (χ1v) is 5.83. The Morgan fingerprint density at radius 3 is 2.50 bits per heavy atom. The van der Waals surface area contributed by atoms with E-state index in [-0.39, 0.29) is 6.42 Å². The molecule has 18 heavy (non-hydrogen) atoms. The van der Waals surface area contributed by atoms with E-state index in [0.717, 1.165) is 0 Å². The average molecular weight is 256 g/mol. The van der Waals surface area contributed by atoms with E-state index in [0.29, 0.717) is 18.6 Å². The Kier molecular flexibility index (Phi) is 6.14.